The van der Waals surface area contributed by atoms with Gasteiger partial charge in [0.1, 0.15) is 5.75 Å². The summed E-state index contributed by atoms with van der Waals surface area (Å²) in [6, 6.07) is 5.57. The number of anilines is 1. The van der Waals surface area contributed by atoms with Gasteiger partial charge in [-0.15, -0.1) is 0 Å². The van der Waals surface area contributed by atoms with Crippen molar-refractivity contribution in [1.29, 1.82) is 0 Å². The summed E-state index contributed by atoms with van der Waals surface area (Å²) < 4.78 is 5.51. The minimum absolute atomic E-state index is 0.0177. The van der Waals surface area contributed by atoms with Gasteiger partial charge in [-0.05, 0) is 24.5 Å². The fraction of sp³-hybridized carbons (Fsp3) is 0.429. The van der Waals surface area contributed by atoms with Crippen LogP contribution in [0.5, 0.6) is 5.75 Å². The number of hydrogen-bond acceptors (Lipinski definition) is 3. The summed E-state index contributed by atoms with van der Waals surface area (Å²) in [6.07, 6.45) is 1.72. The lowest BCUT2D eigenvalue weighted by molar-refractivity contribution is -0.141. The molecule has 2 N–H and O–H groups in total. The number of benzene rings is 1. The van der Waals surface area contributed by atoms with Crippen LogP contribution in [-0.4, -0.2) is 23.6 Å². The highest BCUT2D eigenvalue weighted by molar-refractivity contribution is 5.94. The maximum Gasteiger partial charge on any atom is 0.306 e. The molecule has 1 aliphatic heterocycles. The predicted octanol–water partition coefficient (Wildman–Crippen LogP) is 2.06. The van der Waals surface area contributed by atoms with E-state index in [9.17, 15) is 9.59 Å². The van der Waals surface area contributed by atoms with Crippen molar-refractivity contribution in [3.63, 3.8) is 0 Å². The Hall–Kier alpha value is -2.04. The predicted molar refractivity (Wildman–Crippen MR) is 70.3 cm³/mol. The third kappa shape index (κ3) is 3.47. The summed E-state index contributed by atoms with van der Waals surface area (Å²) in [4.78, 5) is 22.0. The smallest absolute Gasteiger partial charge is 0.306 e. The number of aliphatic carboxylic acids is 1. The molecule has 0 bridgehead atoms. The lowest BCUT2D eigenvalue weighted by Gasteiger charge is -2.18. The molecule has 0 aromatic heterocycles. The van der Waals surface area contributed by atoms with Gasteiger partial charge in [0, 0.05) is 18.2 Å². The Morgan fingerprint density at radius 3 is 3.00 bits per heavy atom. The first kappa shape index (κ1) is 13.4. The first-order chi connectivity index (χ1) is 9.06. The largest absolute Gasteiger partial charge is 0.493 e. The van der Waals surface area contributed by atoms with Crippen molar-refractivity contribution in [2.45, 2.75) is 26.2 Å². The first-order valence-electron chi connectivity index (χ1n) is 6.34. The number of carbonyl (C=O) groups is 2. The number of hydrogen-bond donors (Lipinski definition) is 2. The number of rotatable bonds is 5. The van der Waals surface area contributed by atoms with Crippen LogP contribution in [0, 0.1) is 5.92 Å². The van der Waals surface area contributed by atoms with E-state index in [-0.39, 0.29) is 5.91 Å². The van der Waals surface area contributed by atoms with Gasteiger partial charge < -0.3 is 15.2 Å². The van der Waals surface area contributed by atoms with Crippen LogP contribution in [0.25, 0.3) is 0 Å². The molecule has 1 atom stereocenters. The lowest BCUT2D eigenvalue weighted by Crippen LogP contribution is -2.19. The van der Waals surface area contributed by atoms with Crippen LogP contribution in [-0.2, 0) is 16.0 Å². The van der Waals surface area contributed by atoms with Crippen molar-refractivity contribution in [1.82, 2.24) is 0 Å². The second kappa shape index (κ2) is 5.73. The third-order valence-electron chi connectivity index (χ3n) is 3.22. The molecule has 5 heteroatoms. The topological polar surface area (TPSA) is 75.6 Å². The lowest BCUT2D eigenvalue weighted by atomic mass is 10.0. The van der Waals surface area contributed by atoms with Gasteiger partial charge >= 0.3 is 5.97 Å². The Labute approximate surface area is 111 Å². The number of carboxylic acid groups (broad SMARTS) is 1. The molecule has 1 aromatic rings. The molecular weight excluding hydrogens is 246 g/mol. The summed E-state index contributed by atoms with van der Waals surface area (Å²) in [7, 11) is 0. The number of fused-ring (bicyclic) bond motifs is 1. The molecule has 0 radical (unpaired) electrons. The van der Waals surface area contributed by atoms with E-state index in [1.165, 1.54) is 0 Å². The Bertz CT molecular complexity index is 498. The molecule has 0 aliphatic carbocycles. The summed E-state index contributed by atoms with van der Waals surface area (Å²) in [5.41, 5.74) is 1.89. The number of carboxylic acids is 1. The average Bonchev–Trinajstić information content (AvgIpc) is 2.38. The van der Waals surface area contributed by atoms with Gasteiger partial charge in [0.25, 0.3) is 0 Å². The Balaban J connectivity index is 1.93. The first-order valence-corrected chi connectivity index (χ1v) is 6.34. The molecule has 0 spiro atoms. The Kier molecular flexibility index (Phi) is 4.04. The van der Waals surface area contributed by atoms with Crippen molar-refractivity contribution >= 4 is 17.6 Å². The molecule has 1 unspecified atom stereocenters. The highest BCUT2D eigenvalue weighted by Crippen LogP contribution is 2.27. The number of aryl methyl sites for hydroxylation is 1. The van der Waals surface area contributed by atoms with Crippen LogP contribution in [0.1, 0.15) is 25.3 Å². The number of carbonyl (C=O) groups excluding carboxylic acids is 1. The molecule has 1 aromatic carbocycles. The van der Waals surface area contributed by atoms with Crippen molar-refractivity contribution in [3.05, 3.63) is 23.8 Å². The molecule has 1 amide bonds. The summed E-state index contributed by atoms with van der Waals surface area (Å²) in [5.74, 6) is -0.568. The number of amides is 1. The van der Waals surface area contributed by atoms with Crippen molar-refractivity contribution in [2.75, 3.05) is 11.9 Å². The van der Waals surface area contributed by atoms with Gasteiger partial charge in [-0.1, -0.05) is 13.0 Å². The molecule has 5 nitrogen and oxygen atoms in total. The van der Waals surface area contributed by atoms with Gasteiger partial charge in [0.15, 0.2) is 0 Å². The monoisotopic (exact) mass is 263 g/mol. The zero-order valence-corrected chi connectivity index (χ0v) is 10.8. The second-order valence-corrected chi connectivity index (χ2v) is 4.74. The minimum atomic E-state index is -0.818. The second-order valence-electron chi connectivity index (χ2n) is 4.74. The van der Waals surface area contributed by atoms with Gasteiger partial charge in [-0.2, -0.15) is 0 Å². The average molecular weight is 263 g/mol. The summed E-state index contributed by atoms with van der Waals surface area (Å²) in [5, 5.41) is 11.6. The van der Waals surface area contributed by atoms with Crippen LogP contribution in [0.4, 0.5) is 5.69 Å². The third-order valence-corrected chi connectivity index (χ3v) is 3.22. The van der Waals surface area contributed by atoms with E-state index in [2.05, 4.69) is 5.32 Å². The molecular formula is C14H17NO4. The highest BCUT2D eigenvalue weighted by atomic mass is 16.5. The van der Waals surface area contributed by atoms with E-state index in [4.69, 9.17) is 9.84 Å². The van der Waals surface area contributed by atoms with Crippen molar-refractivity contribution < 1.29 is 19.4 Å². The highest BCUT2D eigenvalue weighted by Gasteiger charge is 2.15. The van der Waals surface area contributed by atoms with Crippen LogP contribution >= 0.6 is 0 Å². The van der Waals surface area contributed by atoms with Crippen LogP contribution in [0.3, 0.4) is 0 Å². The van der Waals surface area contributed by atoms with Crippen LogP contribution in [0.2, 0.25) is 0 Å². The maximum atomic E-state index is 11.3. The minimum Gasteiger partial charge on any atom is -0.493 e. The Morgan fingerprint density at radius 1 is 1.47 bits per heavy atom. The molecule has 0 saturated carbocycles. The normalized spacial score (nSPS) is 15.3. The quantitative estimate of drug-likeness (QED) is 0.852. The van der Waals surface area contributed by atoms with Crippen molar-refractivity contribution in [2.24, 2.45) is 5.92 Å². The molecule has 102 valence electrons. The maximum absolute atomic E-state index is 11.3. The zero-order valence-electron chi connectivity index (χ0n) is 10.8. The van der Waals surface area contributed by atoms with E-state index in [0.717, 1.165) is 17.7 Å². The number of ether oxygens (including phenoxy) is 1. The van der Waals surface area contributed by atoms with Gasteiger partial charge in [-0.3, -0.25) is 9.59 Å². The summed E-state index contributed by atoms with van der Waals surface area (Å²) >= 11 is 0. The summed E-state index contributed by atoms with van der Waals surface area (Å²) in [6.45, 7) is 2.00. The number of nitrogens with one attached hydrogen (secondary N) is 1. The SMILES string of the molecule is CC(CCOc1ccc2c(c1)NC(=O)CC2)C(=O)O. The zero-order chi connectivity index (χ0) is 13.8. The van der Waals surface area contributed by atoms with Gasteiger partial charge in [0.2, 0.25) is 5.91 Å². The molecule has 2 rings (SSSR count). The van der Waals surface area contributed by atoms with Gasteiger partial charge in [0.05, 0.1) is 12.5 Å². The standard InChI is InChI=1S/C14H17NO4/c1-9(14(17)18)6-7-19-11-4-2-10-3-5-13(16)15-12(10)8-11/h2,4,8-9H,3,5-7H2,1H3,(H,15,16)(H,17,18). The molecule has 0 fully saturated rings. The molecule has 1 aliphatic rings. The molecule has 0 saturated heterocycles. The van der Waals surface area contributed by atoms with Crippen molar-refractivity contribution in [3.8, 4) is 5.75 Å². The fourth-order valence-corrected chi connectivity index (χ4v) is 1.92. The van der Waals surface area contributed by atoms with E-state index in [1.807, 2.05) is 12.1 Å². The Morgan fingerprint density at radius 2 is 2.26 bits per heavy atom. The van der Waals surface area contributed by atoms with Crippen LogP contribution in [0.15, 0.2) is 18.2 Å². The van der Waals surface area contributed by atoms with Crippen LogP contribution < -0.4 is 10.1 Å². The fourth-order valence-electron chi connectivity index (χ4n) is 1.92. The molecule has 1 heterocycles. The molecule has 19 heavy (non-hydrogen) atoms. The van der Waals surface area contributed by atoms with E-state index in [1.54, 1.807) is 13.0 Å². The van der Waals surface area contributed by atoms with E-state index < -0.39 is 11.9 Å². The van der Waals surface area contributed by atoms with E-state index in [0.29, 0.717) is 25.2 Å². The van der Waals surface area contributed by atoms with Gasteiger partial charge in [-0.25, -0.2) is 0 Å². The van der Waals surface area contributed by atoms with E-state index >= 15 is 0 Å².